The molecule has 0 aliphatic rings. The zero-order valence-corrected chi connectivity index (χ0v) is 15.8. The van der Waals surface area contributed by atoms with Crippen LogP contribution in [0.4, 0.5) is 0 Å². The van der Waals surface area contributed by atoms with Gasteiger partial charge in [-0.3, -0.25) is 9.59 Å². The van der Waals surface area contributed by atoms with Crippen LogP contribution in [0.2, 0.25) is 0 Å². The van der Waals surface area contributed by atoms with Crippen LogP contribution >= 0.6 is 0 Å². The fourth-order valence-corrected chi connectivity index (χ4v) is 2.98. The van der Waals surface area contributed by atoms with Crippen LogP contribution in [-0.4, -0.2) is 21.4 Å². The molecule has 0 amide bonds. The SMILES string of the molecule is Cc1ccc(C(=O)c2cccn2CC=Cc2ccc(CCC(=O)O)cc2)cc1. The largest absolute Gasteiger partial charge is 0.481 e. The summed E-state index contributed by atoms with van der Waals surface area (Å²) in [5, 5.41) is 8.74. The van der Waals surface area contributed by atoms with E-state index in [2.05, 4.69) is 0 Å². The fourth-order valence-electron chi connectivity index (χ4n) is 2.98. The molecule has 0 saturated heterocycles. The van der Waals surface area contributed by atoms with Crippen molar-refractivity contribution >= 4 is 17.8 Å². The monoisotopic (exact) mass is 373 g/mol. The van der Waals surface area contributed by atoms with Crippen molar-refractivity contribution in [1.29, 1.82) is 0 Å². The van der Waals surface area contributed by atoms with Crippen molar-refractivity contribution < 1.29 is 14.7 Å². The molecule has 1 aromatic heterocycles. The molecule has 0 saturated carbocycles. The van der Waals surface area contributed by atoms with Crippen molar-refractivity contribution in [1.82, 2.24) is 4.57 Å². The molecule has 0 unspecified atom stereocenters. The van der Waals surface area contributed by atoms with Gasteiger partial charge in [0.15, 0.2) is 0 Å². The number of ketones is 1. The van der Waals surface area contributed by atoms with Gasteiger partial charge in [0.25, 0.3) is 0 Å². The highest BCUT2D eigenvalue weighted by atomic mass is 16.4. The third kappa shape index (κ3) is 5.07. The number of carboxylic acids is 1. The molecular weight excluding hydrogens is 350 g/mol. The van der Waals surface area contributed by atoms with Crippen LogP contribution < -0.4 is 0 Å². The van der Waals surface area contributed by atoms with E-state index in [0.29, 0.717) is 24.2 Å². The number of benzene rings is 2. The molecule has 28 heavy (non-hydrogen) atoms. The number of carbonyl (C=O) groups excluding carboxylic acids is 1. The van der Waals surface area contributed by atoms with Gasteiger partial charge in [0.2, 0.25) is 5.78 Å². The van der Waals surface area contributed by atoms with Crippen molar-refractivity contribution in [2.24, 2.45) is 0 Å². The highest BCUT2D eigenvalue weighted by Gasteiger charge is 2.12. The predicted molar refractivity (Wildman–Crippen MR) is 110 cm³/mol. The van der Waals surface area contributed by atoms with Gasteiger partial charge in [0.1, 0.15) is 0 Å². The van der Waals surface area contributed by atoms with Crippen LogP contribution in [0.3, 0.4) is 0 Å². The third-order valence-electron chi connectivity index (χ3n) is 4.60. The second kappa shape index (κ2) is 9.00. The lowest BCUT2D eigenvalue weighted by molar-refractivity contribution is -0.136. The standard InChI is InChI=1S/C24H23NO3/c1-18-6-13-21(14-7-18)24(28)22-5-3-17-25(22)16-2-4-19-8-10-20(11-9-19)12-15-23(26)27/h2-11,13-14,17H,12,15-16H2,1H3,(H,26,27). The Balaban J connectivity index is 1.64. The summed E-state index contributed by atoms with van der Waals surface area (Å²) < 4.78 is 1.93. The zero-order valence-electron chi connectivity index (χ0n) is 15.8. The minimum atomic E-state index is -0.785. The van der Waals surface area contributed by atoms with Crippen molar-refractivity contribution in [2.75, 3.05) is 0 Å². The average molecular weight is 373 g/mol. The van der Waals surface area contributed by atoms with Crippen LogP contribution in [0.15, 0.2) is 72.9 Å². The Morgan fingerprint density at radius 3 is 2.39 bits per heavy atom. The zero-order chi connectivity index (χ0) is 19.9. The van der Waals surface area contributed by atoms with Gasteiger partial charge in [-0.2, -0.15) is 0 Å². The van der Waals surface area contributed by atoms with Gasteiger partial charge >= 0.3 is 5.97 Å². The van der Waals surface area contributed by atoms with Gasteiger partial charge in [0.05, 0.1) is 5.69 Å². The second-order valence-corrected chi connectivity index (χ2v) is 6.78. The first-order valence-electron chi connectivity index (χ1n) is 9.27. The number of aryl methyl sites for hydroxylation is 2. The number of hydrogen-bond donors (Lipinski definition) is 1. The summed E-state index contributed by atoms with van der Waals surface area (Å²) in [6, 6.07) is 19.2. The maximum absolute atomic E-state index is 12.7. The van der Waals surface area contributed by atoms with Gasteiger partial charge < -0.3 is 9.67 Å². The number of carbonyl (C=O) groups is 2. The Labute approximate surface area is 164 Å². The lowest BCUT2D eigenvalue weighted by Gasteiger charge is -2.06. The molecule has 0 bridgehead atoms. The van der Waals surface area contributed by atoms with E-state index in [4.69, 9.17) is 5.11 Å². The van der Waals surface area contributed by atoms with E-state index in [1.165, 1.54) is 0 Å². The summed E-state index contributed by atoms with van der Waals surface area (Å²) >= 11 is 0. The van der Waals surface area contributed by atoms with E-state index in [1.807, 2.05) is 90.5 Å². The Hall–Kier alpha value is -3.40. The fraction of sp³-hybridized carbons (Fsp3) is 0.167. The molecule has 2 aromatic carbocycles. The van der Waals surface area contributed by atoms with E-state index >= 15 is 0 Å². The first kappa shape index (κ1) is 19.4. The summed E-state index contributed by atoms with van der Waals surface area (Å²) in [6.07, 6.45) is 6.59. The Morgan fingerprint density at radius 1 is 1.00 bits per heavy atom. The molecule has 3 rings (SSSR count). The molecule has 4 heteroatoms. The highest BCUT2D eigenvalue weighted by Crippen LogP contribution is 2.13. The van der Waals surface area contributed by atoms with E-state index in [1.54, 1.807) is 0 Å². The van der Waals surface area contributed by atoms with Crippen molar-refractivity contribution in [2.45, 2.75) is 26.3 Å². The normalized spacial score (nSPS) is 11.0. The number of carboxylic acid groups (broad SMARTS) is 1. The first-order chi connectivity index (χ1) is 13.5. The number of hydrogen-bond acceptors (Lipinski definition) is 2. The molecule has 0 aliphatic heterocycles. The van der Waals surface area contributed by atoms with Crippen LogP contribution in [-0.2, 0) is 17.8 Å². The van der Waals surface area contributed by atoms with Gasteiger partial charge in [-0.1, -0.05) is 66.2 Å². The third-order valence-corrected chi connectivity index (χ3v) is 4.60. The number of nitrogens with zero attached hydrogens (tertiary/aromatic N) is 1. The van der Waals surface area contributed by atoms with Gasteiger partial charge in [0, 0.05) is 24.7 Å². The number of rotatable bonds is 8. The van der Waals surface area contributed by atoms with Crippen molar-refractivity contribution in [3.05, 3.63) is 101 Å². The van der Waals surface area contributed by atoms with E-state index in [9.17, 15) is 9.59 Å². The Morgan fingerprint density at radius 2 is 1.71 bits per heavy atom. The maximum Gasteiger partial charge on any atom is 0.303 e. The Kier molecular flexibility index (Phi) is 6.22. The molecule has 0 atom stereocenters. The summed E-state index contributed by atoms with van der Waals surface area (Å²) in [4.78, 5) is 23.4. The average Bonchev–Trinajstić information content (AvgIpc) is 3.16. The molecule has 0 radical (unpaired) electrons. The predicted octanol–water partition coefficient (Wildman–Crippen LogP) is 4.76. The highest BCUT2D eigenvalue weighted by molar-refractivity contribution is 6.08. The molecular formula is C24H23NO3. The summed E-state index contributed by atoms with van der Waals surface area (Å²) in [6.45, 7) is 2.60. The molecule has 1 heterocycles. The molecule has 0 aliphatic carbocycles. The van der Waals surface area contributed by atoms with Crippen LogP contribution in [0.1, 0.15) is 39.2 Å². The summed E-state index contributed by atoms with van der Waals surface area (Å²) in [5.74, 6) is -0.770. The van der Waals surface area contributed by atoms with Gasteiger partial charge in [-0.25, -0.2) is 0 Å². The van der Waals surface area contributed by atoms with Gasteiger partial charge in [-0.05, 0) is 36.6 Å². The van der Waals surface area contributed by atoms with Crippen molar-refractivity contribution in [3.63, 3.8) is 0 Å². The molecule has 4 nitrogen and oxygen atoms in total. The molecule has 0 fully saturated rings. The summed E-state index contributed by atoms with van der Waals surface area (Å²) in [5.41, 5.74) is 4.53. The van der Waals surface area contributed by atoms with E-state index < -0.39 is 5.97 Å². The van der Waals surface area contributed by atoms with Crippen LogP contribution in [0.25, 0.3) is 6.08 Å². The molecule has 142 valence electrons. The van der Waals surface area contributed by atoms with Crippen LogP contribution in [0, 0.1) is 6.92 Å². The number of aromatic nitrogens is 1. The van der Waals surface area contributed by atoms with E-state index in [-0.39, 0.29) is 12.2 Å². The maximum atomic E-state index is 12.7. The lowest BCUT2D eigenvalue weighted by Crippen LogP contribution is -2.09. The minimum Gasteiger partial charge on any atom is -0.481 e. The summed E-state index contributed by atoms with van der Waals surface area (Å²) in [7, 11) is 0. The second-order valence-electron chi connectivity index (χ2n) is 6.78. The minimum absolute atomic E-state index is 0.0150. The molecule has 3 aromatic rings. The lowest BCUT2D eigenvalue weighted by atomic mass is 10.1. The van der Waals surface area contributed by atoms with E-state index in [0.717, 1.165) is 16.7 Å². The van der Waals surface area contributed by atoms with Crippen molar-refractivity contribution in [3.8, 4) is 0 Å². The number of aliphatic carboxylic acids is 1. The first-order valence-corrected chi connectivity index (χ1v) is 9.27. The topological polar surface area (TPSA) is 59.3 Å². The van der Waals surface area contributed by atoms with Crippen LogP contribution in [0.5, 0.6) is 0 Å². The Bertz CT molecular complexity index is 979. The molecule has 0 spiro atoms. The number of allylic oxidation sites excluding steroid dienone is 1. The van der Waals surface area contributed by atoms with Gasteiger partial charge in [-0.15, -0.1) is 0 Å². The quantitative estimate of drug-likeness (QED) is 0.579. The smallest absolute Gasteiger partial charge is 0.303 e. The molecule has 1 N–H and O–H groups in total.